The van der Waals surface area contributed by atoms with Crippen molar-refractivity contribution in [2.24, 2.45) is 5.92 Å². The summed E-state index contributed by atoms with van der Waals surface area (Å²) in [6, 6.07) is 0. The summed E-state index contributed by atoms with van der Waals surface area (Å²) in [7, 11) is 0. The van der Waals surface area contributed by atoms with Gasteiger partial charge in [0, 0.05) is 0 Å². The molecule has 1 unspecified atom stereocenters. The van der Waals surface area contributed by atoms with Crippen molar-refractivity contribution in [1.29, 1.82) is 0 Å². The molecule has 4 nitrogen and oxygen atoms in total. The molecule has 240 valence electrons. The molecule has 0 amide bonds. The first-order chi connectivity index (χ1) is 20.1. The zero-order valence-electron chi connectivity index (χ0n) is 27.2. The number of ether oxygens (including phenoxy) is 1. The molecule has 0 aromatic carbocycles. The molecule has 1 atom stereocenters. The SMILES string of the molecule is C=CCOC(=O)CC(CCCCCCCCCCCCCCC/C=C/CCCCCCCCCCCCC)C(=O)O. The third kappa shape index (κ3) is 31.2. The Balaban J connectivity index is 3.31. The van der Waals surface area contributed by atoms with Gasteiger partial charge < -0.3 is 9.84 Å². The lowest BCUT2D eigenvalue weighted by molar-refractivity contribution is -0.151. The normalized spacial score (nSPS) is 12.1. The number of allylic oxidation sites excluding steroid dienone is 2. The number of hydrogen-bond donors (Lipinski definition) is 1. The van der Waals surface area contributed by atoms with Crippen molar-refractivity contribution in [1.82, 2.24) is 0 Å². The van der Waals surface area contributed by atoms with E-state index in [9.17, 15) is 14.7 Å². The van der Waals surface area contributed by atoms with Crippen molar-refractivity contribution in [3.8, 4) is 0 Å². The number of carbonyl (C=O) groups is 2. The third-order valence-electron chi connectivity index (χ3n) is 8.19. The van der Waals surface area contributed by atoms with Crippen LogP contribution in [0.4, 0.5) is 0 Å². The van der Waals surface area contributed by atoms with E-state index < -0.39 is 17.9 Å². The Morgan fingerprint density at radius 1 is 0.610 bits per heavy atom. The van der Waals surface area contributed by atoms with Crippen LogP contribution in [0.1, 0.15) is 187 Å². The number of carboxylic acids is 1. The first-order valence-corrected chi connectivity index (χ1v) is 17.8. The van der Waals surface area contributed by atoms with E-state index in [1.165, 1.54) is 154 Å². The summed E-state index contributed by atoms with van der Waals surface area (Å²) in [6.07, 6.45) is 41.5. The molecule has 0 aliphatic rings. The van der Waals surface area contributed by atoms with Gasteiger partial charge in [-0.2, -0.15) is 0 Å². The standard InChI is InChI=1S/C37H68O4/c1-3-5-6-7-8-9-10-11-12-13-14-15-16-17-18-19-20-21-22-23-24-25-26-27-28-29-30-31-32-35(37(39)40)34-36(38)41-33-4-2/h4,16-17,35H,2-3,5-15,18-34H2,1H3,(H,39,40)/b17-16+. The van der Waals surface area contributed by atoms with E-state index in [1.807, 2.05) is 0 Å². The predicted molar refractivity (Wildman–Crippen MR) is 176 cm³/mol. The Bertz CT molecular complexity index is 612. The molecule has 0 aliphatic heterocycles. The topological polar surface area (TPSA) is 63.6 Å². The lowest BCUT2D eigenvalue weighted by Gasteiger charge is -2.11. The van der Waals surface area contributed by atoms with E-state index >= 15 is 0 Å². The van der Waals surface area contributed by atoms with Gasteiger partial charge in [0.1, 0.15) is 6.61 Å². The van der Waals surface area contributed by atoms with Gasteiger partial charge in [-0.3, -0.25) is 9.59 Å². The molecular formula is C37H68O4. The molecule has 0 aliphatic carbocycles. The largest absolute Gasteiger partial charge is 0.481 e. The van der Waals surface area contributed by atoms with Crippen LogP contribution < -0.4 is 0 Å². The van der Waals surface area contributed by atoms with Crippen LogP contribution in [-0.4, -0.2) is 23.7 Å². The Morgan fingerprint density at radius 3 is 1.34 bits per heavy atom. The summed E-state index contributed by atoms with van der Waals surface area (Å²) in [6.45, 7) is 5.93. The quantitative estimate of drug-likeness (QED) is 0.0479. The second-order valence-electron chi connectivity index (χ2n) is 12.2. The van der Waals surface area contributed by atoms with Crippen LogP contribution in [0.3, 0.4) is 0 Å². The van der Waals surface area contributed by atoms with Gasteiger partial charge in [-0.15, -0.1) is 0 Å². The minimum Gasteiger partial charge on any atom is -0.481 e. The van der Waals surface area contributed by atoms with E-state index in [0.29, 0.717) is 6.42 Å². The number of unbranched alkanes of at least 4 members (excludes halogenated alkanes) is 24. The molecule has 0 saturated heterocycles. The summed E-state index contributed by atoms with van der Waals surface area (Å²) in [5.41, 5.74) is 0. The molecule has 0 bridgehead atoms. The molecule has 0 spiro atoms. The average Bonchev–Trinajstić information content (AvgIpc) is 2.96. The lowest BCUT2D eigenvalue weighted by atomic mass is 9.97. The molecule has 1 N–H and O–H groups in total. The van der Waals surface area contributed by atoms with Gasteiger partial charge in [0.15, 0.2) is 0 Å². The molecule has 4 heteroatoms. The van der Waals surface area contributed by atoms with E-state index in [1.54, 1.807) is 0 Å². The Kier molecular flexibility index (Phi) is 31.7. The first-order valence-electron chi connectivity index (χ1n) is 17.8. The van der Waals surface area contributed by atoms with Gasteiger partial charge in [0.2, 0.25) is 0 Å². The van der Waals surface area contributed by atoms with Crippen LogP contribution in [0.15, 0.2) is 24.8 Å². The lowest BCUT2D eigenvalue weighted by Crippen LogP contribution is -2.19. The predicted octanol–water partition coefficient (Wildman–Crippen LogP) is 11.9. The maximum atomic E-state index is 11.6. The van der Waals surface area contributed by atoms with Gasteiger partial charge in [-0.05, 0) is 32.1 Å². The smallest absolute Gasteiger partial charge is 0.307 e. The van der Waals surface area contributed by atoms with Crippen molar-refractivity contribution in [2.45, 2.75) is 187 Å². The molecule has 0 aromatic rings. The van der Waals surface area contributed by atoms with Gasteiger partial charge >= 0.3 is 11.9 Å². The summed E-state index contributed by atoms with van der Waals surface area (Å²) in [4.78, 5) is 23.0. The fraction of sp³-hybridized carbons (Fsp3) is 0.838. The summed E-state index contributed by atoms with van der Waals surface area (Å²) in [5, 5.41) is 9.32. The number of carboxylic acid groups (broad SMARTS) is 1. The molecule has 0 rings (SSSR count). The van der Waals surface area contributed by atoms with Crippen LogP contribution in [0.25, 0.3) is 0 Å². The second kappa shape index (κ2) is 32.9. The molecule has 0 aromatic heterocycles. The van der Waals surface area contributed by atoms with Gasteiger partial charge in [0.05, 0.1) is 12.3 Å². The zero-order valence-corrected chi connectivity index (χ0v) is 27.2. The zero-order chi connectivity index (χ0) is 30.1. The van der Waals surface area contributed by atoms with Crippen molar-refractivity contribution in [3.05, 3.63) is 24.8 Å². The maximum Gasteiger partial charge on any atom is 0.307 e. The van der Waals surface area contributed by atoms with Crippen LogP contribution >= 0.6 is 0 Å². The maximum absolute atomic E-state index is 11.6. The Hall–Kier alpha value is -1.58. The Morgan fingerprint density at radius 2 is 0.976 bits per heavy atom. The third-order valence-corrected chi connectivity index (χ3v) is 8.19. The van der Waals surface area contributed by atoms with Crippen LogP contribution in [0.2, 0.25) is 0 Å². The molecular weight excluding hydrogens is 508 g/mol. The highest BCUT2D eigenvalue weighted by Crippen LogP contribution is 2.18. The highest BCUT2D eigenvalue weighted by molar-refractivity contribution is 5.78. The number of esters is 1. The highest BCUT2D eigenvalue weighted by Gasteiger charge is 2.21. The number of rotatable bonds is 33. The fourth-order valence-electron chi connectivity index (χ4n) is 5.48. The summed E-state index contributed by atoms with van der Waals surface area (Å²) >= 11 is 0. The van der Waals surface area contributed by atoms with Crippen molar-refractivity contribution >= 4 is 11.9 Å². The second-order valence-corrected chi connectivity index (χ2v) is 12.2. The van der Waals surface area contributed by atoms with Crippen molar-refractivity contribution in [2.75, 3.05) is 6.61 Å². The molecule has 0 fully saturated rings. The summed E-state index contributed by atoms with van der Waals surface area (Å²) < 4.78 is 4.91. The highest BCUT2D eigenvalue weighted by atomic mass is 16.5. The van der Waals surface area contributed by atoms with Crippen LogP contribution in [-0.2, 0) is 14.3 Å². The summed E-state index contributed by atoms with van der Waals surface area (Å²) in [5.74, 6) is -1.98. The number of aliphatic carboxylic acids is 1. The van der Waals surface area contributed by atoms with Gasteiger partial charge in [-0.1, -0.05) is 173 Å². The minimum atomic E-state index is -0.901. The van der Waals surface area contributed by atoms with E-state index in [-0.39, 0.29) is 13.0 Å². The molecule has 0 saturated carbocycles. The van der Waals surface area contributed by atoms with E-state index in [2.05, 4.69) is 25.7 Å². The van der Waals surface area contributed by atoms with E-state index in [4.69, 9.17) is 4.74 Å². The van der Waals surface area contributed by atoms with Crippen LogP contribution in [0, 0.1) is 5.92 Å². The number of hydrogen-bond acceptors (Lipinski definition) is 3. The Labute approximate surface area is 255 Å². The molecule has 41 heavy (non-hydrogen) atoms. The monoisotopic (exact) mass is 577 g/mol. The minimum absolute atomic E-state index is 0.0419. The van der Waals surface area contributed by atoms with Crippen molar-refractivity contribution < 1.29 is 19.4 Å². The molecule has 0 heterocycles. The van der Waals surface area contributed by atoms with Gasteiger partial charge in [0.25, 0.3) is 0 Å². The first kappa shape index (κ1) is 39.4. The average molecular weight is 577 g/mol. The van der Waals surface area contributed by atoms with Crippen molar-refractivity contribution in [3.63, 3.8) is 0 Å². The molecule has 0 radical (unpaired) electrons. The van der Waals surface area contributed by atoms with Gasteiger partial charge in [-0.25, -0.2) is 0 Å². The number of carbonyl (C=O) groups excluding carboxylic acids is 1. The van der Waals surface area contributed by atoms with Crippen LogP contribution in [0.5, 0.6) is 0 Å². The fourth-order valence-corrected chi connectivity index (χ4v) is 5.48. The van der Waals surface area contributed by atoms with E-state index in [0.717, 1.165) is 19.3 Å².